The summed E-state index contributed by atoms with van der Waals surface area (Å²) in [5.41, 5.74) is 3.29. The summed E-state index contributed by atoms with van der Waals surface area (Å²) in [6.45, 7) is 1.20. The summed E-state index contributed by atoms with van der Waals surface area (Å²) in [5, 5.41) is 0. The number of hydrogen-bond donors (Lipinski definition) is 2. The second kappa shape index (κ2) is 10.3. The quantitative estimate of drug-likeness (QED) is 0.485. The predicted molar refractivity (Wildman–Crippen MR) is 117 cm³/mol. The van der Waals surface area contributed by atoms with Gasteiger partial charge in [0.25, 0.3) is 11.5 Å². The minimum absolute atomic E-state index is 0.184. The number of aromatic nitrogens is 2. The van der Waals surface area contributed by atoms with E-state index in [1.54, 1.807) is 12.1 Å². The molecule has 12 heteroatoms. The van der Waals surface area contributed by atoms with Gasteiger partial charge in [0.05, 0.1) is 18.4 Å². The summed E-state index contributed by atoms with van der Waals surface area (Å²) in [7, 11) is 0. The molecule has 0 aliphatic rings. The molecule has 1 aromatic carbocycles. The number of alkyl halides is 3. The van der Waals surface area contributed by atoms with Gasteiger partial charge in [0.1, 0.15) is 17.3 Å². The van der Waals surface area contributed by atoms with Crippen molar-refractivity contribution in [1.82, 2.24) is 9.55 Å². The molecule has 0 spiro atoms. The van der Waals surface area contributed by atoms with E-state index in [0.717, 1.165) is 34.1 Å². The highest BCUT2D eigenvalue weighted by Gasteiger charge is 2.31. The lowest BCUT2D eigenvalue weighted by Gasteiger charge is -2.24. The Morgan fingerprint density at radius 2 is 2.00 bits per heavy atom. The van der Waals surface area contributed by atoms with E-state index < -0.39 is 35.5 Å². The third kappa shape index (κ3) is 5.69. The van der Waals surface area contributed by atoms with Gasteiger partial charge in [0, 0.05) is 6.54 Å². The summed E-state index contributed by atoms with van der Waals surface area (Å²) in [6, 6.07) is 7.19. The zero-order valence-corrected chi connectivity index (χ0v) is 18.2. The van der Waals surface area contributed by atoms with Crippen molar-refractivity contribution in [3.05, 3.63) is 74.8 Å². The summed E-state index contributed by atoms with van der Waals surface area (Å²) in [5.74, 6) is -0.888. The van der Waals surface area contributed by atoms with Crippen LogP contribution in [0.1, 0.15) is 31.1 Å². The zero-order chi connectivity index (χ0) is 24.9. The molecule has 1 amide bonds. The number of anilines is 2. The molecule has 0 unspecified atom stereocenters. The molecular weight excluding hydrogens is 457 g/mol. The van der Waals surface area contributed by atoms with Crippen molar-refractivity contribution in [2.24, 2.45) is 0 Å². The highest BCUT2D eigenvalue weighted by atomic mass is 19.4. The molecule has 3 aromatic rings. The van der Waals surface area contributed by atoms with E-state index in [1.807, 2.05) is 6.92 Å². The third-order valence-corrected chi connectivity index (χ3v) is 4.94. The number of carbonyl (C=O) groups is 1. The van der Waals surface area contributed by atoms with Crippen LogP contribution < -0.4 is 26.6 Å². The van der Waals surface area contributed by atoms with Crippen molar-refractivity contribution in [2.45, 2.75) is 39.0 Å². The Morgan fingerprint density at radius 1 is 1.24 bits per heavy atom. The van der Waals surface area contributed by atoms with Crippen LogP contribution in [0.2, 0.25) is 0 Å². The Morgan fingerprint density at radius 3 is 2.65 bits per heavy atom. The second-order valence-corrected chi connectivity index (χ2v) is 7.37. The minimum atomic E-state index is -4.58. The van der Waals surface area contributed by atoms with Crippen molar-refractivity contribution in [3.63, 3.8) is 0 Å². The third-order valence-electron chi connectivity index (χ3n) is 4.94. The van der Waals surface area contributed by atoms with Gasteiger partial charge in [-0.2, -0.15) is 13.2 Å². The predicted octanol–water partition coefficient (Wildman–Crippen LogP) is 3.14. The van der Waals surface area contributed by atoms with Gasteiger partial charge in [-0.1, -0.05) is 19.4 Å². The highest BCUT2D eigenvalue weighted by molar-refractivity contribution is 5.96. The van der Waals surface area contributed by atoms with Crippen LogP contribution in [0.4, 0.5) is 24.7 Å². The van der Waals surface area contributed by atoms with E-state index >= 15 is 0 Å². The van der Waals surface area contributed by atoms with Crippen molar-refractivity contribution in [1.29, 1.82) is 0 Å². The maximum Gasteiger partial charge on any atom is 0.416 e. The van der Waals surface area contributed by atoms with Crippen LogP contribution >= 0.6 is 0 Å². The van der Waals surface area contributed by atoms with Crippen LogP contribution in [-0.4, -0.2) is 22.1 Å². The minimum Gasteiger partial charge on any atom is -0.484 e. The van der Waals surface area contributed by atoms with Gasteiger partial charge in [-0.05, 0) is 36.8 Å². The Hall–Kier alpha value is -3.96. The SMILES string of the molecule is CCCCn1c(N)c(N(Cc2ccco2)C(=O)COc2cccc(C(F)(F)F)c2)c(=O)[nH]c1=O. The summed E-state index contributed by atoms with van der Waals surface area (Å²) >= 11 is 0. The molecule has 0 radical (unpaired) electrons. The number of rotatable bonds is 9. The molecule has 3 rings (SSSR count). The highest BCUT2D eigenvalue weighted by Crippen LogP contribution is 2.31. The molecule has 9 nitrogen and oxygen atoms in total. The molecule has 0 aliphatic heterocycles. The molecule has 34 heavy (non-hydrogen) atoms. The first kappa shape index (κ1) is 24.7. The number of halogens is 3. The Bertz CT molecular complexity index is 1250. The Kier molecular flexibility index (Phi) is 7.49. The molecule has 0 bridgehead atoms. The van der Waals surface area contributed by atoms with Gasteiger partial charge in [-0.25, -0.2) is 4.79 Å². The number of benzene rings is 1. The number of ether oxygens (including phenoxy) is 1. The second-order valence-electron chi connectivity index (χ2n) is 7.37. The average molecular weight is 480 g/mol. The normalized spacial score (nSPS) is 11.4. The van der Waals surface area contributed by atoms with E-state index in [2.05, 4.69) is 4.98 Å². The number of aromatic amines is 1. The molecule has 2 heterocycles. The lowest BCUT2D eigenvalue weighted by Crippen LogP contribution is -2.42. The van der Waals surface area contributed by atoms with Gasteiger partial charge in [-0.15, -0.1) is 0 Å². The van der Waals surface area contributed by atoms with Crippen LogP contribution in [0, 0.1) is 0 Å². The van der Waals surface area contributed by atoms with Gasteiger partial charge in [0.2, 0.25) is 0 Å². The first-order valence-corrected chi connectivity index (χ1v) is 10.4. The number of nitrogen functional groups attached to an aromatic ring is 1. The standard InChI is InChI=1S/C22H23F3N4O5/c1-2-3-9-28-19(26)18(20(31)27-21(28)32)29(12-16-8-5-10-33-16)17(30)13-34-15-7-4-6-14(11-15)22(23,24)25/h4-8,10-11H,2-3,9,12-13,26H2,1H3,(H,27,31,32). The first-order chi connectivity index (χ1) is 16.1. The Labute approximate surface area is 191 Å². The number of H-pyrrole nitrogens is 1. The summed E-state index contributed by atoms with van der Waals surface area (Å²) < 4.78 is 50.6. The molecule has 0 saturated carbocycles. The monoisotopic (exact) mass is 480 g/mol. The molecule has 3 N–H and O–H groups in total. The number of furan rings is 1. The van der Waals surface area contributed by atoms with Gasteiger partial charge >= 0.3 is 11.9 Å². The zero-order valence-electron chi connectivity index (χ0n) is 18.2. The van der Waals surface area contributed by atoms with Gasteiger partial charge in [-0.3, -0.25) is 24.0 Å². The molecule has 0 saturated heterocycles. The van der Waals surface area contributed by atoms with Crippen LogP contribution in [0.5, 0.6) is 5.75 Å². The number of nitrogens with two attached hydrogens (primary N) is 1. The maximum atomic E-state index is 13.1. The number of nitrogens with zero attached hydrogens (tertiary/aromatic N) is 2. The molecule has 182 valence electrons. The molecule has 2 aromatic heterocycles. The molecule has 0 aliphatic carbocycles. The number of hydrogen-bond acceptors (Lipinski definition) is 6. The topological polar surface area (TPSA) is 124 Å². The first-order valence-electron chi connectivity index (χ1n) is 10.4. The van der Waals surface area contributed by atoms with Crippen LogP contribution in [-0.2, 0) is 24.1 Å². The van der Waals surface area contributed by atoms with E-state index in [-0.39, 0.29) is 30.3 Å². The van der Waals surface area contributed by atoms with E-state index in [1.165, 1.54) is 12.3 Å². The van der Waals surface area contributed by atoms with Crippen molar-refractivity contribution in [2.75, 3.05) is 17.2 Å². The lowest BCUT2D eigenvalue weighted by atomic mass is 10.2. The van der Waals surface area contributed by atoms with E-state index in [4.69, 9.17) is 14.9 Å². The average Bonchev–Trinajstić information content (AvgIpc) is 3.29. The molecular formula is C22H23F3N4O5. The number of nitrogens with one attached hydrogen (secondary N) is 1. The lowest BCUT2D eigenvalue weighted by molar-refractivity contribution is -0.137. The fraction of sp³-hybridized carbons (Fsp3) is 0.318. The van der Waals surface area contributed by atoms with Crippen LogP contribution in [0.3, 0.4) is 0 Å². The number of unbranched alkanes of at least 4 members (excludes halogenated alkanes) is 1. The smallest absolute Gasteiger partial charge is 0.416 e. The molecule has 0 atom stereocenters. The number of carbonyl (C=O) groups excluding carboxylic acids is 1. The fourth-order valence-electron chi connectivity index (χ4n) is 3.21. The van der Waals surface area contributed by atoms with Crippen molar-refractivity contribution in [3.8, 4) is 5.75 Å². The summed E-state index contributed by atoms with van der Waals surface area (Å²) in [4.78, 5) is 41.1. The molecule has 0 fully saturated rings. The maximum absolute atomic E-state index is 13.1. The Balaban J connectivity index is 1.94. The van der Waals surface area contributed by atoms with Crippen LogP contribution in [0.15, 0.2) is 56.7 Å². The van der Waals surface area contributed by atoms with E-state index in [9.17, 15) is 27.6 Å². The van der Waals surface area contributed by atoms with Crippen molar-refractivity contribution >= 4 is 17.4 Å². The summed E-state index contributed by atoms with van der Waals surface area (Å²) in [6.07, 6.45) is -1.86. The largest absolute Gasteiger partial charge is 0.484 e. The van der Waals surface area contributed by atoms with Crippen molar-refractivity contribution < 1.29 is 27.1 Å². The van der Waals surface area contributed by atoms with Gasteiger partial charge < -0.3 is 14.9 Å². The van der Waals surface area contributed by atoms with Gasteiger partial charge in [0.15, 0.2) is 12.3 Å². The van der Waals surface area contributed by atoms with E-state index in [0.29, 0.717) is 12.2 Å². The number of amides is 1. The van der Waals surface area contributed by atoms with Crippen LogP contribution in [0.25, 0.3) is 0 Å². The fourth-order valence-corrected chi connectivity index (χ4v) is 3.21.